The predicted molar refractivity (Wildman–Crippen MR) is 107 cm³/mol. The minimum Gasteiger partial charge on any atom is -0.370 e. The second-order valence-electron chi connectivity index (χ2n) is 5.67. The summed E-state index contributed by atoms with van der Waals surface area (Å²) in [5.74, 6) is 0.661. The molecule has 0 spiro atoms. The average Bonchev–Trinajstić information content (AvgIpc) is 3.06. The van der Waals surface area contributed by atoms with Gasteiger partial charge in [-0.25, -0.2) is 13.1 Å². The zero-order chi connectivity index (χ0) is 16.0. The summed E-state index contributed by atoms with van der Waals surface area (Å²) >= 11 is 1.73. The number of nitrogens with zero attached hydrogens (tertiary/aromatic N) is 1. The molecule has 0 bridgehead atoms. The first-order chi connectivity index (χ1) is 10.4. The third kappa shape index (κ3) is 7.81. The second-order valence-corrected chi connectivity index (χ2v) is 8.48. The van der Waals surface area contributed by atoms with E-state index in [1.54, 1.807) is 11.3 Å². The van der Waals surface area contributed by atoms with E-state index in [0.717, 1.165) is 32.2 Å². The Hall–Kier alpha value is -0.390. The summed E-state index contributed by atoms with van der Waals surface area (Å²) in [5, 5.41) is 5.16. The first kappa shape index (κ1) is 20.7. The highest BCUT2D eigenvalue weighted by molar-refractivity contribution is 14.0. The summed E-state index contributed by atoms with van der Waals surface area (Å²) in [6, 6.07) is 4.12. The summed E-state index contributed by atoms with van der Waals surface area (Å²) in [4.78, 5) is 5.67. The Bertz CT molecular complexity index is 590. The molecule has 1 heterocycles. The SMILES string of the molecule is CS(=O)(=O)NC1CCCC1CN=C(N)NCCc1cccs1.I. The topological polar surface area (TPSA) is 96.6 Å². The molecule has 6 nitrogen and oxygen atoms in total. The quantitative estimate of drug-likeness (QED) is 0.319. The predicted octanol–water partition coefficient (Wildman–Crippen LogP) is 1.53. The van der Waals surface area contributed by atoms with Crippen molar-refractivity contribution in [2.75, 3.05) is 19.3 Å². The Morgan fingerprint density at radius 3 is 2.91 bits per heavy atom. The Balaban J connectivity index is 0.00000264. The molecule has 132 valence electrons. The van der Waals surface area contributed by atoms with Crippen LogP contribution < -0.4 is 15.8 Å². The fourth-order valence-corrected chi connectivity index (χ4v) is 4.29. The van der Waals surface area contributed by atoms with Crippen LogP contribution in [0.1, 0.15) is 24.1 Å². The number of guanidine groups is 1. The molecular formula is C14H25IN4O2S2. The van der Waals surface area contributed by atoms with Crippen molar-refractivity contribution in [1.82, 2.24) is 10.0 Å². The van der Waals surface area contributed by atoms with Gasteiger partial charge in [-0.15, -0.1) is 35.3 Å². The van der Waals surface area contributed by atoms with Crippen LogP contribution >= 0.6 is 35.3 Å². The van der Waals surface area contributed by atoms with Crippen molar-refractivity contribution in [3.8, 4) is 0 Å². The molecule has 0 radical (unpaired) electrons. The lowest BCUT2D eigenvalue weighted by atomic mass is 10.1. The monoisotopic (exact) mass is 472 g/mol. The maximum absolute atomic E-state index is 11.3. The van der Waals surface area contributed by atoms with Gasteiger partial charge in [-0.1, -0.05) is 12.5 Å². The maximum atomic E-state index is 11.3. The van der Waals surface area contributed by atoms with E-state index in [-0.39, 0.29) is 35.9 Å². The Kier molecular flexibility index (Phi) is 8.80. The highest BCUT2D eigenvalue weighted by atomic mass is 127. The van der Waals surface area contributed by atoms with E-state index in [0.29, 0.717) is 12.5 Å². The van der Waals surface area contributed by atoms with Crippen molar-refractivity contribution in [1.29, 1.82) is 0 Å². The van der Waals surface area contributed by atoms with Crippen LogP contribution in [0.5, 0.6) is 0 Å². The van der Waals surface area contributed by atoms with Gasteiger partial charge in [-0.3, -0.25) is 4.99 Å². The molecule has 2 atom stereocenters. The number of nitrogens with two attached hydrogens (primary N) is 1. The van der Waals surface area contributed by atoms with Gasteiger partial charge in [-0.05, 0) is 36.6 Å². The number of halogens is 1. The van der Waals surface area contributed by atoms with Gasteiger partial charge in [0.25, 0.3) is 0 Å². The van der Waals surface area contributed by atoms with Gasteiger partial charge in [0, 0.05) is 24.0 Å². The van der Waals surface area contributed by atoms with Crippen molar-refractivity contribution < 1.29 is 8.42 Å². The van der Waals surface area contributed by atoms with Crippen molar-refractivity contribution in [2.24, 2.45) is 16.6 Å². The van der Waals surface area contributed by atoms with E-state index in [4.69, 9.17) is 5.73 Å². The minimum atomic E-state index is -3.16. The molecule has 1 saturated carbocycles. The largest absolute Gasteiger partial charge is 0.370 e. The van der Waals surface area contributed by atoms with Gasteiger partial charge >= 0.3 is 0 Å². The summed E-state index contributed by atoms with van der Waals surface area (Å²) in [6.07, 6.45) is 5.01. The zero-order valence-electron chi connectivity index (χ0n) is 13.2. The summed E-state index contributed by atoms with van der Waals surface area (Å²) < 4.78 is 25.4. The average molecular weight is 472 g/mol. The van der Waals surface area contributed by atoms with Crippen LogP contribution in [-0.2, 0) is 16.4 Å². The van der Waals surface area contributed by atoms with Gasteiger partial charge in [-0.2, -0.15) is 0 Å². The molecule has 23 heavy (non-hydrogen) atoms. The molecule has 2 rings (SSSR count). The normalized spacial score (nSPS) is 21.9. The van der Waals surface area contributed by atoms with Gasteiger partial charge in [0.1, 0.15) is 0 Å². The lowest BCUT2D eigenvalue weighted by Crippen LogP contribution is -2.38. The summed E-state index contributed by atoms with van der Waals surface area (Å²) in [6.45, 7) is 1.32. The van der Waals surface area contributed by atoms with Crippen LogP contribution in [0, 0.1) is 5.92 Å². The molecule has 1 fully saturated rings. The lowest BCUT2D eigenvalue weighted by Gasteiger charge is -2.18. The van der Waals surface area contributed by atoms with E-state index < -0.39 is 10.0 Å². The van der Waals surface area contributed by atoms with Crippen LogP contribution in [-0.4, -0.2) is 39.8 Å². The highest BCUT2D eigenvalue weighted by Gasteiger charge is 2.29. The molecule has 2 unspecified atom stereocenters. The Morgan fingerprint density at radius 1 is 1.48 bits per heavy atom. The lowest BCUT2D eigenvalue weighted by molar-refractivity contribution is 0.454. The van der Waals surface area contributed by atoms with E-state index in [2.05, 4.69) is 26.5 Å². The van der Waals surface area contributed by atoms with Crippen LogP contribution in [0.25, 0.3) is 0 Å². The van der Waals surface area contributed by atoms with Crippen molar-refractivity contribution in [3.63, 3.8) is 0 Å². The summed E-state index contributed by atoms with van der Waals surface area (Å²) in [5.41, 5.74) is 5.87. The third-order valence-electron chi connectivity index (χ3n) is 3.78. The Morgan fingerprint density at radius 2 is 2.26 bits per heavy atom. The van der Waals surface area contributed by atoms with Crippen molar-refractivity contribution in [2.45, 2.75) is 31.7 Å². The van der Waals surface area contributed by atoms with Gasteiger partial charge in [0.15, 0.2) is 5.96 Å². The fraction of sp³-hybridized carbons (Fsp3) is 0.643. The van der Waals surface area contributed by atoms with E-state index in [1.807, 2.05) is 6.07 Å². The molecule has 0 saturated heterocycles. The first-order valence-corrected chi connectivity index (χ1v) is 10.2. The van der Waals surface area contributed by atoms with Gasteiger partial charge in [0.05, 0.1) is 6.26 Å². The molecule has 0 amide bonds. The molecule has 4 N–H and O–H groups in total. The third-order valence-corrected chi connectivity index (χ3v) is 5.45. The number of aliphatic imine (C=N–C) groups is 1. The van der Waals surface area contributed by atoms with Crippen molar-refractivity contribution in [3.05, 3.63) is 22.4 Å². The highest BCUT2D eigenvalue weighted by Crippen LogP contribution is 2.26. The molecule has 9 heteroatoms. The van der Waals surface area contributed by atoms with Crippen LogP contribution in [0.4, 0.5) is 0 Å². The number of nitrogens with one attached hydrogen (secondary N) is 2. The number of sulfonamides is 1. The van der Waals surface area contributed by atoms with Gasteiger partial charge < -0.3 is 11.1 Å². The molecule has 0 aliphatic heterocycles. The van der Waals surface area contributed by atoms with Crippen molar-refractivity contribution >= 4 is 51.3 Å². The molecule has 1 aromatic heterocycles. The second kappa shape index (κ2) is 9.80. The van der Waals surface area contributed by atoms with Crippen LogP contribution in [0.2, 0.25) is 0 Å². The standard InChI is InChI=1S/C14H24N4O2S2.HI/c1-22(19,20)18-13-6-2-4-11(13)10-17-14(15)16-8-7-12-5-3-9-21-12;/h3,5,9,11,13,18H,2,4,6-8,10H2,1H3,(H3,15,16,17);1H. The molecule has 0 aromatic carbocycles. The zero-order valence-corrected chi connectivity index (χ0v) is 17.2. The summed E-state index contributed by atoms with van der Waals surface area (Å²) in [7, 11) is -3.16. The van der Waals surface area contributed by atoms with Crippen LogP contribution in [0.15, 0.2) is 22.5 Å². The first-order valence-electron chi connectivity index (χ1n) is 7.47. The minimum absolute atomic E-state index is 0. The molecular weight excluding hydrogens is 447 g/mol. The smallest absolute Gasteiger partial charge is 0.208 e. The Labute approximate surface area is 159 Å². The number of hydrogen-bond donors (Lipinski definition) is 3. The fourth-order valence-electron chi connectivity index (χ4n) is 2.73. The van der Waals surface area contributed by atoms with Crippen LogP contribution in [0.3, 0.4) is 0 Å². The van der Waals surface area contributed by atoms with E-state index >= 15 is 0 Å². The molecule has 1 aliphatic rings. The maximum Gasteiger partial charge on any atom is 0.208 e. The molecule has 1 aliphatic carbocycles. The van der Waals surface area contributed by atoms with E-state index in [9.17, 15) is 8.42 Å². The van der Waals surface area contributed by atoms with E-state index in [1.165, 1.54) is 11.1 Å². The van der Waals surface area contributed by atoms with Gasteiger partial charge in [0.2, 0.25) is 10.0 Å². The number of hydrogen-bond acceptors (Lipinski definition) is 4. The number of rotatable bonds is 7. The number of thiophene rings is 1. The molecule has 1 aromatic rings.